The fraction of sp³-hybridized carbons (Fsp3) is 0.222. The van der Waals surface area contributed by atoms with Crippen molar-refractivity contribution in [2.24, 2.45) is 0 Å². The Labute approximate surface area is 75.6 Å². The first-order chi connectivity index (χ1) is 5.79. The number of H-pyrrole nitrogens is 1. The van der Waals surface area contributed by atoms with Crippen LogP contribution < -0.4 is 0 Å². The molecule has 0 fully saturated rings. The predicted octanol–water partition coefficient (Wildman–Crippen LogP) is 2.61. The highest BCUT2D eigenvalue weighted by Gasteiger charge is 2.00. The third kappa shape index (κ3) is 1.18. The SMILES string of the molecule is Cc1ccc2nc(CCl)[nH]c2c1. The Morgan fingerprint density at radius 2 is 2.33 bits per heavy atom. The fourth-order valence-electron chi connectivity index (χ4n) is 1.24. The second-order valence-electron chi connectivity index (χ2n) is 2.84. The van der Waals surface area contributed by atoms with Gasteiger partial charge in [0, 0.05) is 0 Å². The standard InChI is InChI=1S/C9H9ClN2/c1-6-2-3-7-8(4-6)12-9(5-10)11-7/h2-4H,5H2,1H3,(H,11,12). The van der Waals surface area contributed by atoms with Crippen LogP contribution in [-0.2, 0) is 5.88 Å². The van der Waals surface area contributed by atoms with Crippen molar-refractivity contribution < 1.29 is 0 Å². The van der Waals surface area contributed by atoms with Crippen LogP contribution in [0.15, 0.2) is 18.2 Å². The van der Waals surface area contributed by atoms with Gasteiger partial charge in [0.2, 0.25) is 0 Å². The van der Waals surface area contributed by atoms with E-state index in [9.17, 15) is 0 Å². The van der Waals surface area contributed by atoms with E-state index in [1.807, 2.05) is 12.1 Å². The normalized spacial score (nSPS) is 10.8. The van der Waals surface area contributed by atoms with E-state index in [1.54, 1.807) is 0 Å². The zero-order valence-corrected chi connectivity index (χ0v) is 7.52. The van der Waals surface area contributed by atoms with Crippen molar-refractivity contribution in [1.82, 2.24) is 9.97 Å². The number of aryl methyl sites for hydroxylation is 1. The smallest absolute Gasteiger partial charge is 0.122 e. The Balaban J connectivity index is 2.67. The summed E-state index contributed by atoms with van der Waals surface area (Å²) in [7, 11) is 0. The number of benzene rings is 1. The zero-order valence-electron chi connectivity index (χ0n) is 6.76. The minimum Gasteiger partial charge on any atom is -0.341 e. The second-order valence-corrected chi connectivity index (χ2v) is 3.10. The minimum absolute atomic E-state index is 0.438. The molecule has 0 atom stereocenters. The maximum absolute atomic E-state index is 5.64. The number of imidazole rings is 1. The van der Waals surface area contributed by atoms with Crippen LogP contribution in [0.25, 0.3) is 11.0 Å². The Hall–Kier alpha value is -1.02. The van der Waals surface area contributed by atoms with Crippen molar-refractivity contribution in [2.45, 2.75) is 12.8 Å². The molecule has 2 nitrogen and oxygen atoms in total. The third-order valence-electron chi connectivity index (χ3n) is 1.81. The summed E-state index contributed by atoms with van der Waals surface area (Å²) in [6.07, 6.45) is 0. The molecule has 0 aliphatic rings. The number of fused-ring (bicyclic) bond motifs is 1. The molecule has 12 heavy (non-hydrogen) atoms. The number of nitrogens with one attached hydrogen (secondary N) is 1. The first-order valence-corrected chi connectivity index (χ1v) is 4.34. The van der Waals surface area contributed by atoms with E-state index in [-0.39, 0.29) is 0 Å². The molecule has 1 aromatic carbocycles. The minimum atomic E-state index is 0.438. The molecule has 0 unspecified atom stereocenters. The predicted molar refractivity (Wildman–Crippen MR) is 50.4 cm³/mol. The van der Waals surface area contributed by atoms with Gasteiger partial charge in [-0.1, -0.05) is 6.07 Å². The molecular weight excluding hydrogens is 172 g/mol. The van der Waals surface area contributed by atoms with Gasteiger partial charge in [0.25, 0.3) is 0 Å². The summed E-state index contributed by atoms with van der Waals surface area (Å²) in [5, 5.41) is 0. The van der Waals surface area contributed by atoms with E-state index >= 15 is 0 Å². The van der Waals surface area contributed by atoms with Gasteiger partial charge in [-0.25, -0.2) is 4.98 Å². The number of halogens is 1. The first kappa shape index (κ1) is 7.62. The lowest BCUT2D eigenvalue weighted by Crippen LogP contribution is -1.77. The van der Waals surface area contributed by atoms with Crippen LogP contribution in [-0.4, -0.2) is 9.97 Å². The summed E-state index contributed by atoms with van der Waals surface area (Å²) in [6, 6.07) is 6.11. The average Bonchev–Trinajstić information content (AvgIpc) is 2.46. The maximum atomic E-state index is 5.64. The molecule has 0 amide bonds. The van der Waals surface area contributed by atoms with E-state index in [0.717, 1.165) is 16.9 Å². The topological polar surface area (TPSA) is 28.7 Å². The van der Waals surface area contributed by atoms with Crippen molar-refractivity contribution in [3.05, 3.63) is 29.6 Å². The molecule has 0 saturated heterocycles. The number of aromatic amines is 1. The zero-order chi connectivity index (χ0) is 8.55. The highest BCUT2D eigenvalue weighted by atomic mass is 35.5. The number of nitrogens with zero attached hydrogens (tertiary/aromatic N) is 1. The third-order valence-corrected chi connectivity index (χ3v) is 2.07. The van der Waals surface area contributed by atoms with Gasteiger partial charge in [0.1, 0.15) is 5.82 Å². The Bertz CT molecular complexity index is 406. The maximum Gasteiger partial charge on any atom is 0.122 e. The molecule has 62 valence electrons. The van der Waals surface area contributed by atoms with Crippen molar-refractivity contribution in [1.29, 1.82) is 0 Å². The van der Waals surface area contributed by atoms with Crippen molar-refractivity contribution in [3.63, 3.8) is 0 Å². The molecule has 2 rings (SSSR count). The van der Waals surface area contributed by atoms with Gasteiger partial charge >= 0.3 is 0 Å². The highest BCUT2D eigenvalue weighted by molar-refractivity contribution is 6.16. The van der Waals surface area contributed by atoms with Gasteiger partial charge in [-0.3, -0.25) is 0 Å². The van der Waals surface area contributed by atoms with Crippen LogP contribution in [0.2, 0.25) is 0 Å². The number of aromatic nitrogens is 2. The molecular formula is C9H9ClN2. The summed E-state index contributed by atoms with van der Waals surface area (Å²) in [5.41, 5.74) is 3.27. The molecule has 0 saturated carbocycles. The highest BCUT2D eigenvalue weighted by Crippen LogP contribution is 2.13. The van der Waals surface area contributed by atoms with Crippen LogP contribution in [0.1, 0.15) is 11.4 Å². The number of alkyl halides is 1. The quantitative estimate of drug-likeness (QED) is 0.672. The molecule has 0 aliphatic carbocycles. The summed E-state index contributed by atoms with van der Waals surface area (Å²) in [6.45, 7) is 2.06. The Morgan fingerprint density at radius 3 is 3.08 bits per heavy atom. The first-order valence-electron chi connectivity index (χ1n) is 3.81. The van der Waals surface area contributed by atoms with E-state index in [1.165, 1.54) is 5.56 Å². The summed E-state index contributed by atoms with van der Waals surface area (Å²) in [5.74, 6) is 1.27. The molecule has 0 spiro atoms. The number of hydrogen-bond acceptors (Lipinski definition) is 1. The Kier molecular flexibility index (Phi) is 1.77. The van der Waals surface area contributed by atoms with E-state index < -0.39 is 0 Å². The van der Waals surface area contributed by atoms with Crippen molar-refractivity contribution in [2.75, 3.05) is 0 Å². The van der Waals surface area contributed by atoms with Crippen LogP contribution in [0.3, 0.4) is 0 Å². The van der Waals surface area contributed by atoms with Gasteiger partial charge in [0.05, 0.1) is 16.9 Å². The van der Waals surface area contributed by atoms with Crippen LogP contribution >= 0.6 is 11.6 Å². The molecule has 1 heterocycles. The van der Waals surface area contributed by atoms with Crippen LogP contribution in [0, 0.1) is 6.92 Å². The van der Waals surface area contributed by atoms with E-state index in [0.29, 0.717) is 5.88 Å². The second kappa shape index (κ2) is 2.79. The molecule has 0 aliphatic heterocycles. The fourth-order valence-corrected chi connectivity index (χ4v) is 1.37. The van der Waals surface area contributed by atoms with Crippen LogP contribution in [0.5, 0.6) is 0 Å². The van der Waals surface area contributed by atoms with Gasteiger partial charge in [-0.2, -0.15) is 0 Å². The number of hydrogen-bond donors (Lipinski definition) is 1. The molecule has 2 aromatic rings. The largest absolute Gasteiger partial charge is 0.341 e. The molecule has 3 heteroatoms. The van der Waals surface area contributed by atoms with Gasteiger partial charge in [-0.15, -0.1) is 11.6 Å². The molecule has 1 N–H and O–H groups in total. The lowest BCUT2D eigenvalue weighted by molar-refractivity contribution is 1.13. The van der Waals surface area contributed by atoms with Gasteiger partial charge in [-0.05, 0) is 24.6 Å². The van der Waals surface area contributed by atoms with Crippen LogP contribution in [0.4, 0.5) is 0 Å². The molecule has 0 bridgehead atoms. The number of rotatable bonds is 1. The molecule has 1 aromatic heterocycles. The van der Waals surface area contributed by atoms with E-state index in [2.05, 4.69) is 23.0 Å². The van der Waals surface area contributed by atoms with E-state index in [4.69, 9.17) is 11.6 Å². The van der Waals surface area contributed by atoms with Gasteiger partial charge in [0.15, 0.2) is 0 Å². The lowest BCUT2D eigenvalue weighted by atomic mass is 10.2. The lowest BCUT2D eigenvalue weighted by Gasteiger charge is -1.89. The monoisotopic (exact) mass is 180 g/mol. The summed E-state index contributed by atoms with van der Waals surface area (Å²) >= 11 is 5.64. The van der Waals surface area contributed by atoms with Gasteiger partial charge < -0.3 is 4.98 Å². The van der Waals surface area contributed by atoms with Crippen molar-refractivity contribution in [3.8, 4) is 0 Å². The Morgan fingerprint density at radius 1 is 1.50 bits per heavy atom. The average molecular weight is 181 g/mol. The van der Waals surface area contributed by atoms with Crippen molar-refractivity contribution >= 4 is 22.6 Å². The summed E-state index contributed by atoms with van der Waals surface area (Å²) < 4.78 is 0. The summed E-state index contributed by atoms with van der Waals surface area (Å²) in [4.78, 5) is 7.43. The molecule has 0 radical (unpaired) electrons.